The van der Waals surface area contributed by atoms with E-state index in [1.165, 1.54) is 7.11 Å². The summed E-state index contributed by atoms with van der Waals surface area (Å²) in [4.78, 5) is 24.6. The second kappa shape index (κ2) is 7.11. The average Bonchev–Trinajstić information content (AvgIpc) is 2.97. The maximum absolute atomic E-state index is 13.1. The van der Waals surface area contributed by atoms with Crippen LogP contribution in [0.2, 0.25) is 0 Å². The summed E-state index contributed by atoms with van der Waals surface area (Å²) in [6.07, 6.45) is 0.165. The number of hydrogen-bond donors (Lipinski definition) is 0. The lowest BCUT2D eigenvalue weighted by Gasteiger charge is -2.08. The van der Waals surface area contributed by atoms with Gasteiger partial charge in [-0.15, -0.1) is 0 Å². The summed E-state index contributed by atoms with van der Waals surface area (Å²) in [6.45, 7) is 0.778. The molecule has 5 nitrogen and oxygen atoms in total. The zero-order chi connectivity index (χ0) is 18.8. The minimum absolute atomic E-state index is 0.118. The van der Waals surface area contributed by atoms with Gasteiger partial charge in [0, 0.05) is 6.54 Å². The van der Waals surface area contributed by atoms with Crippen LogP contribution >= 0.6 is 0 Å². The number of aryl methyl sites for hydroxylation is 1. The smallest absolute Gasteiger partial charge is 0.329 e. The Morgan fingerprint density at radius 1 is 0.889 bits per heavy atom. The number of benzene rings is 3. The summed E-state index contributed by atoms with van der Waals surface area (Å²) < 4.78 is 8.14. The Bertz CT molecular complexity index is 1180. The number of carbonyl (C=O) groups is 1. The van der Waals surface area contributed by atoms with Crippen molar-refractivity contribution in [3.05, 3.63) is 82.8 Å². The zero-order valence-electron chi connectivity index (χ0n) is 15.1. The zero-order valence-corrected chi connectivity index (χ0v) is 15.1. The van der Waals surface area contributed by atoms with Crippen LogP contribution in [-0.2, 0) is 22.6 Å². The molecule has 1 aromatic heterocycles. The molecule has 136 valence electrons. The largest absolute Gasteiger partial charge is 0.469 e. The van der Waals surface area contributed by atoms with Crippen LogP contribution in [0, 0.1) is 0 Å². The van der Waals surface area contributed by atoms with E-state index in [1.54, 1.807) is 9.13 Å². The van der Waals surface area contributed by atoms with E-state index in [1.807, 2.05) is 42.5 Å². The molecule has 5 heteroatoms. The second-order valence-corrected chi connectivity index (χ2v) is 6.47. The molecule has 0 unspecified atom stereocenters. The molecule has 0 saturated carbocycles. The molecule has 4 aromatic rings. The molecule has 4 rings (SSSR count). The molecule has 0 aliphatic rings. The van der Waals surface area contributed by atoms with Crippen molar-refractivity contribution in [2.75, 3.05) is 7.11 Å². The van der Waals surface area contributed by atoms with E-state index >= 15 is 0 Å². The first-order valence-electron chi connectivity index (χ1n) is 8.90. The number of ether oxygens (including phenoxy) is 1. The number of fused-ring (bicyclic) bond motifs is 2. The summed E-state index contributed by atoms with van der Waals surface area (Å²) in [5, 5.41) is 2.29. The van der Waals surface area contributed by atoms with Crippen LogP contribution in [0.25, 0.3) is 21.8 Å². The van der Waals surface area contributed by atoms with Gasteiger partial charge in [0.25, 0.3) is 0 Å². The third kappa shape index (κ3) is 3.12. The molecule has 0 aliphatic carbocycles. The van der Waals surface area contributed by atoms with Crippen molar-refractivity contribution >= 4 is 27.8 Å². The highest BCUT2D eigenvalue weighted by molar-refractivity contribution is 5.86. The van der Waals surface area contributed by atoms with Gasteiger partial charge in [0.1, 0.15) is 0 Å². The molecule has 0 radical (unpaired) electrons. The third-order valence-electron chi connectivity index (χ3n) is 4.90. The fourth-order valence-corrected chi connectivity index (χ4v) is 3.55. The SMILES string of the molecule is COC(=O)CCn1c(=O)n(Cc2cccc3ccccc23)c2ccccc21. The van der Waals surface area contributed by atoms with Crippen LogP contribution < -0.4 is 5.69 Å². The van der Waals surface area contributed by atoms with E-state index in [9.17, 15) is 9.59 Å². The number of aromatic nitrogens is 2. The van der Waals surface area contributed by atoms with Crippen LogP contribution in [0.15, 0.2) is 71.5 Å². The first-order valence-corrected chi connectivity index (χ1v) is 8.90. The standard InChI is InChI=1S/C22H20N2O3/c1-27-21(25)13-14-23-19-11-4-5-12-20(19)24(22(23)26)15-17-9-6-8-16-7-2-3-10-18(16)17/h2-12H,13-15H2,1H3. The highest BCUT2D eigenvalue weighted by Gasteiger charge is 2.15. The van der Waals surface area contributed by atoms with Gasteiger partial charge in [0.05, 0.1) is 31.1 Å². The lowest BCUT2D eigenvalue weighted by molar-refractivity contribution is -0.140. The molecule has 27 heavy (non-hydrogen) atoms. The highest BCUT2D eigenvalue weighted by Crippen LogP contribution is 2.21. The van der Waals surface area contributed by atoms with Crippen LogP contribution in [0.5, 0.6) is 0 Å². The summed E-state index contributed by atoms with van der Waals surface area (Å²) in [6, 6.07) is 22.0. The normalized spacial score (nSPS) is 11.1. The van der Waals surface area contributed by atoms with E-state index in [4.69, 9.17) is 4.74 Å². The average molecular weight is 360 g/mol. The summed E-state index contributed by atoms with van der Waals surface area (Å²) >= 11 is 0. The number of methoxy groups -OCH3 is 1. The fraction of sp³-hybridized carbons (Fsp3) is 0.182. The van der Waals surface area contributed by atoms with Crippen LogP contribution in [0.1, 0.15) is 12.0 Å². The Kier molecular flexibility index (Phi) is 4.50. The molecule has 0 amide bonds. The number of para-hydroxylation sites is 2. The van der Waals surface area contributed by atoms with Gasteiger partial charge in [-0.2, -0.15) is 0 Å². The van der Waals surface area contributed by atoms with Crippen molar-refractivity contribution in [3.8, 4) is 0 Å². The van der Waals surface area contributed by atoms with Gasteiger partial charge < -0.3 is 4.74 Å². The van der Waals surface area contributed by atoms with Crippen molar-refractivity contribution in [1.82, 2.24) is 9.13 Å². The maximum atomic E-state index is 13.1. The van der Waals surface area contributed by atoms with Crippen LogP contribution in [0.4, 0.5) is 0 Å². The third-order valence-corrected chi connectivity index (χ3v) is 4.90. The number of hydrogen-bond acceptors (Lipinski definition) is 3. The first-order chi connectivity index (χ1) is 13.2. The van der Waals surface area contributed by atoms with Crippen molar-refractivity contribution in [3.63, 3.8) is 0 Å². The fourth-order valence-electron chi connectivity index (χ4n) is 3.55. The molecule has 0 saturated heterocycles. The molecule has 1 heterocycles. The van der Waals surface area contributed by atoms with Gasteiger partial charge in [0.2, 0.25) is 0 Å². The van der Waals surface area contributed by atoms with Crippen molar-refractivity contribution in [1.29, 1.82) is 0 Å². The summed E-state index contributed by atoms with van der Waals surface area (Å²) in [5.74, 6) is -0.326. The Morgan fingerprint density at radius 2 is 1.56 bits per heavy atom. The summed E-state index contributed by atoms with van der Waals surface area (Å²) in [5.41, 5.74) is 2.66. The number of nitrogens with zero attached hydrogens (tertiary/aromatic N) is 2. The molecule has 0 atom stereocenters. The quantitative estimate of drug-likeness (QED) is 0.511. The van der Waals surface area contributed by atoms with Crippen molar-refractivity contribution in [2.45, 2.75) is 19.5 Å². The lowest BCUT2D eigenvalue weighted by atomic mass is 10.0. The monoisotopic (exact) mass is 360 g/mol. The summed E-state index contributed by atoms with van der Waals surface area (Å²) in [7, 11) is 1.36. The first kappa shape index (κ1) is 17.1. The minimum atomic E-state index is -0.326. The number of esters is 1. The topological polar surface area (TPSA) is 53.2 Å². The predicted molar refractivity (Wildman–Crippen MR) is 106 cm³/mol. The number of rotatable bonds is 5. The Labute approximate surface area is 156 Å². The predicted octanol–water partition coefficient (Wildman–Crippen LogP) is 3.57. The number of carbonyl (C=O) groups excluding carboxylic acids is 1. The van der Waals surface area contributed by atoms with Gasteiger partial charge in [-0.25, -0.2) is 4.79 Å². The van der Waals surface area contributed by atoms with Gasteiger partial charge >= 0.3 is 11.7 Å². The molecular weight excluding hydrogens is 340 g/mol. The van der Waals surface area contributed by atoms with Gasteiger partial charge in [0.15, 0.2) is 0 Å². The second-order valence-electron chi connectivity index (χ2n) is 6.47. The minimum Gasteiger partial charge on any atom is -0.469 e. The van der Waals surface area contributed by atoms with Gasteiger partial charge in [-0.05, 0) is 28.5 Å². The Balaban J connectivity index is 1.81. The Hall–Kier alpha value is -3.34. The van der Waals surface area contributed by atoms with Crippen molar-refractivity contribution < 1.29 is 9.53 Å². The lowest BCUT2D eigenvalue weighted by Crippen LogP contribution is -2.25. The van der Waals surface area contributed by atoms with E-state index in [2.05, 4.69) is 24.3 Å². The van der Waals surface area contributed by atoms with Crippen LogP contribution in [-0.4, -0.2) is 22.2 Å². The molecule has 0 aliphatic heterocycles. The van der Waals surface area contributed by atoms with E-state index in [0.29, 0.717) is 13.1 Å². The molecule has 0 fully saturated rings. The molecule has 0 bridgehead atoms. The van der Waals surface area contributed by atoms with E-state index < -0.39 is 0 Å². The maximum Gasteiger partial charge on any atom is 0.329 e. The molecular formula is C22H20N2O3. The Morgan fingerprint density at radius 3 is 2.33 bits per heavy atom. The van der Waals surface area contributed by atoms with E-state index in [-0.39, 0.29) is 18.1 Å². The molecule has 0 spiro atoms. The highest BCUT2D eigenvalue weighted by atomic mass is 16.5. The van der Waals surface area contributed by atoms with Crippen LogP contribution in [0.3, 0.4) is 0 Å². The molecule has 0 N–H and O–H groups in total. The van der Waals surface area contributed by atoms with Gasteiger partial charge in [-0.3, -0.25) is 13.9 Å². The molecule has 3 aromatic carbocycles. The van der Waals surface area contributed by atoms with E-state index in [0.717, 1.165) is 27.4 Å². The van der Waals surface area contributed by atoms with Crippen molar-refractivity contribution in [2.24, 2.45) is 0 Å². The van der Waals surface area contributed by atoms with Gasteiger partial charge in [-0.1, -0.05) is 54.6 Å². The number of imidazole rings is 1.